The van der Waals surface area contributed by atoms with E-state index in [2.05, 4.69) is 25.4 Å². The van der Waals surface area contributed by atoms with Crippen molar-refractivity contribution in [2.45, 2.75) is 6.18 Å². The Labute approximate surface area is 186 Å². The minimum absolute atomic E-state index is 0.0868. The molecule has 0 fully saturated rings. The van der Waals surface area contributed by atoms with Gasteiger partial charge in [0.1, 0.15) is 16.3 Å². The van der Waals surface area contributed by atoms with Gasteiger partial charge in [-0.1, -0.05) is 12.1 Å². The lowest BCUT2D eigenvalue weighted by Crippen LogP contribution is -2.27. The molecule has 0 bridgehead atoms. The maximum atomic E-state index is 13.0. The predicted octanol–water partition coefficient (Wildman–Crippen LogP) is 3.74. The number of amides is 1. The molecule has 4 aromatic heterocycles. The fourth-order valence-electron chi connectivity index (χ4n) is 3.40. The van der Waals surface area contributed by atoms with Crippen LogP contribution in [0.3, 0.4) is 0 Å². The second-order valence-corrected chi connectivity index (χ2v) is 7.88. The van der Waals surface area contributed by atoms with Crippen molar-refractivity contribution >= 4 is 33.8 Å². The number of halogens is 3. The molecule has 0 radical (unpaired) electrons. The normalized spacial score (nSPS) is 11.9. The average Bonchev–Trinajstić information content (AvgIpc) is 3.45. The monoisotopic (exact) mass is 470 g/mol. The van der Waals surface area contributed by atoms with Crippen molar-refractivity contribution in [2.24, 2.45) is 0 Å². The predicted molar refractivity (Wildman–Crippen MR) is 116 cm³/mol. The van der Waals surface area contributed by atoms with Gasteiger partial charge in [-0.05, 0) is 24.3 Å². The number of thiazole rings is 1. The van der Waals surface area contributed by atoms with E-state index in [0.717, 1.165) is 16.7 Å². The first-order valence-corrected chi connectivity index (χ1v) is 10.4. The van der Waals surface area contributed by atoms with Crippen LogP contribution in [0.25, 0.3) is 38.6 Å². The minimum Gasteiger partial charge on any atom is -0.355 e. The molecule has 0 aliphatic carbocycles. The highest BCUT2D eigenvalue weighted by Gasteiger charge is 2.34. The van der Waals surface area contributed by atoms with Crippen LogP contribution in [0.5, 0.6) is 0 Å². The minimum atomic E-state index is -4.53. The van der Waals surface area contributed by atoms with E-state index in [9.17, 15) is 22.8 Å². The van der Waals surface area contributed by atoms with E-state index in [4.69, 9.17) is 0 Å². The first kappa shape index (κ1) is 20.8. The fraction of sp³-hybridized carbons (Fsp3) is 0.0952. The number of aromatic nitrogens is 5. The van der Waals surface area contributed by atoms with Gasteiger partial charge in [0.15, 0.2) is 17.2 Å². The number of fused-ring (bicyclic) bond motifs is 2. The van der Waals surface area contributed by atoms with Crippen molar-refractivity contribution in [3.8, 4) is 22.1 Å². The molecule has 1 aromatic carbocycles. The molecule has 1 amide bonds. The quantitative estimate of drug-likeness (QED) is 0.418. The number of pyridine rings is 2. The summed E-state index contributed by atoms with van der Waals surface area (Å²) in [6.45, 7) is 0. The summed E-state index contributed by atoms with van der Waals surface area (Å²) in [7, 11) is 1.41. The molecular formula is C21H13F3N6O2S. The summed E-state index contributed by atoms with van der Waals surface area (Å²) in [6.07, 6.45) is -3.04. The van der Waals surface area contributed by atoms with E-state index in [0.29, 0.717) is 22.1 Å². The Bertz CT molecular complexity index is 1600. The molecule has 5 rings (SSSR count). The Hall–Kier alpha value is -4.06. The smallest absolute Gasteiger partial charge is 0.355 e. The first-order valence-electron chi connectivity index (χ1n) is 9.53. The zero-order chi connectivity index (χ0) is 23.3. The van der Waals surface area contributed by atoms with E-state index in [1.54, 1.807) is 36.4 Å². The number of carbonyl (C=O) groups excluding carboxylic acids is 1. The van der Waals surface area contributed by atoms with Crippen molar-refractivity contribution in [3.05, 3.63) is 69.5 Å². The molecule has 4 heterocycles. The third kappa shape index (κ3) is 3.53. The molecule has 0 saturated heterocycles. The molecule has 33 heavy (non-hydrogen) atoms. The van der Waals surface area contributed by atoms with E-state index in [1.807, 2.05) is 0 Å². The van der Waals surface area contributed by atoms with Crippen LogP contribution in [-0.2, 0) is 6.18 Å². The molecule has 8 nitrogen and oxygen atoms in total. The summed E-state index contributed by atoms with van der Waals surface area (Å²) < 4.78 is 40.0. The number of hydrogen-bond acceptors (Lipinski definition) is 6. The van der Waals surface area contributed by atoms with E-state index < -0.39 is 23.2 Å². The summed E-state index contributed by atoms with van der Waals surface area (Å²) in [6, 6.07) is 9.89. The van der Waals surface area contributed by atoms with Gasteiger partial charge >= 0.3 is 6.18 Å². The average molecular weight is 470 g/mol. The summed E-state index contributed by atoms with van der Waals surface area (Å²) in [4.78, 5) is 36.6. The topological polar surface area (TPSA) is 105 Å². The van der Waals surface area contributed by atoms with Crippen LogP contribution in [0.1, 0.15) is 16.1 Å². The molecule has 5 aromatic rings. The zero-order valence-electron chi connectivity index (χ0n) is 16.8. The van der Waals surface area contributed by atoms with Crippen LogP contribution < -0.4 is 10.7 Å². The molecule has 0 aliphatic heterocycles. The standard InChI is InChI=1S/C21H13F3N6O2S/c1-25-19(32)15-16(26-12-5-3-2-4-11(12)17(15)31)18-28-14-7-6-10(8-30(14)29-18)20-27-13(9-33-20)21(22,23)24/h2-9H,1H3,(H,25,32)(H,26,31). The lowest BCUT2D eigenvalue weighted by atomic mass is 10.1. The highest BCUT2D eigenvalue weighted by molar-refractivity contribution is 7.13. The van der Waals surface area contributed by atoms with Crippen molar-refractivity contribution in [3.63, 3.8) is 0 Å². The van der Waals surface area contributed by atoms with Crippen LogP contribution >= 0.6 is 11.3 Å². The largest absolute Gasteiger partial charge is 0.434 e. The van der Waals surface area contributed by atoms with Crippen molar-refractivity contribution in [1.29, 1.82) is 0 Å². The number of H-pyrrole nitrogens is 1. The third-order valence-corrected chi connectivity index (χ3v) is 5.85. The molecule has 2 N–H and O–H groups in total. The number of alkyl halides is 3. The maximum Gasteiger partial charge on any atom is 0.434 e. The van der Waals surface area contributed by atoms with Crippen LogP contribution in [0.4, 0.5) is 13.2 Å². The van der Waals surface area contributed by atoms with E-state index >= 15 is 0 Å². The molecule has 0 spiro atoms. The second kappa shape index (κ2) is 7.52. The van der Waals surface area contributed by atoms with Crippen LogP contribution in [0.15, 0.2) is 52.8 Å². The number of nitrogens with zero attached hydrogens (tertiary/aromatic N) is 4. The maximum absolute atomic E-state index is 13.0. The first-order chi connectivity index (χ1) is 15.8. The van der Waals surface area contributed by atoms with Gasteiger partial charge < -0.3 is 10.3 Å². The second-order valence-electron chi connectivity index (χ2n) is 7.02. The number of hydrogen-bond donors (Lipinski definition) is 2. The highest BCUT2D eigenvalue weighted by atomic mass is 32.1. The number of aromatic amines is 1. The lowest BCUT2D eigenvalue weighted by molar-refractivity contribution is -0.140. The molecule has 0 atom stereocenters. The molecule has 0 saturated carbocycles. The van der Waals surface area contributed by atoms with Gasteiger partial charge in [0, 0.05) is 35.1 Å². The number of carbonyl (C=O) groups is 1. The molecule has 166 valence electrons. The zero-order valence-corrected chi connectivity index (χ0v) is 17.6. The van der Waals surface area contributed by atoms with Crippen LogP contribution in [-0.4, -0.2) is 37.5 Å². The Morgan fingerprint density at radius 1 is 1.15 bits per heavy atom. The van der Waals surface area contributed by atoms with Crippen LogP contribution in [0, 0.1) is 0 Å². The van der Waals surface area contributed by atoms with Gasteiger partial charge in [-0.2, -0.15) is 13.2 Å². The summed E-state index contributed by atoms with van der Waals surface area (Å²) in [5.74, 6) is -0.511. The Morgan fingerprint density at radius 3 is 2.67 bits per heavy atom. The summed E-state index contributed by atoms with van der Waals surface area (Å²) in [5.41, 5.74) is -0.145. The molecule has 0 aliphatic rings. The van der Waals surface area contributed by atoms with Gasteiger partial charge in [-0.15, -0.1) is 16.4 Å². The fourth-order valence-corrected chi connectivity index (χ4v) is 4.21. The van der Waals surface area contributed by atoms with Gasteiger partial charge in [-0.25, -0.2) is 14.5 Å². The highest BCUT2D eigenvalue weighted by Crippen LogP contribution is 2.33. The molecule has 0 unspecified atom stereocenters. The molecular weight excluding hydrogens is 457 g/mol. The van der Waals surface area contributed by atoms with Gasteiger partial charge in [0.05, 0.1) is 0 Å². The lowest BCUT2D eigenvalue weighted by Gasteiger charge is -2.07. The Morgan fingerprint density at radius 2 is 1.94 bits per heavy atom. The Kier molecular flexibility index (Phi) is 4.74. The number of nitrogens with one attached hydrogen (secondary N) is 2. The summed E-state index contributed by atoms with van der Waals surface area (Å²) in [5, 5.41) is 8.28. The van der Waals surface area contributed by atoms with Gasteiger partial charge in [-0.3, -0.25) is 9.59 Å². The van der Waals surface area contributed by atoms with Crippen molar-refractivity contribution < 1.29 is 18.0 Å². The molecule has 12 heteroatoms. The van der Waals surface area contributed by atoms with Crippen molar-refractivity contribution in [2.75, 3.05) is 7.05 Å². The summed E-state index contributed by atoms with van der Waals surface area (Å²) >= 11 is 0.861. The third-order valence-electron chi connectivity index (χ3n) is 4.96. The van der Waals surface area contributed by atoms with Crippen LogP contribution in [0.2, 0.25) is 0 Å². The SMILES string of the molecule is CNC(=O)c1c(-c2nc3ccc(-c4nc(C(F)(F)F)cs4)cn3n2)[nH]c2ccccc2c1=O. The van der Waals surface area contributed by atoms with Gasteiger partial charge in [0.2, 0.25) is 5.43 Å². The number of benzene rings is 1. The van der Waals surface area contributed by atoms with E-state index in [1.165, 1.54) is 17.8 Å². The number of para-hydroxylation sites is 1. The van der Waals surface area contributed by atoms with E-state index in [-0.39, 0.29) is 22.1 Å². The van der Waals surface area contributed by atoms with Crippen molar-refractivity contribution in [1.82, 2.24) is 29.9 Å². The Balaban J connectivity index is 1.66. The van der Waals surface area contributed by atoms with Gasteiger partial charge in [0.25, 0.3) is 5.91 Å². The number of rotatable bonds is 3.